The normalized spacial score (nSPS) is 21.4. The fourth-order valence-corrected chi connectivity index (χ4v) is 2.39. The Kier molecular flexibility index (Phi) is 3.36. The highest BCUT2D eigenvalue weighted by Crippen LogP contribution is 2.68. The van der Waals surface area contributed by atoms with Crippen LogP contribution in [0.25, 0.3) is 0 Å². The number of amides is 1. The second kappa shape index (κ2) is 4.05. The van der Waals surface area contributed by atoms with Crippen molar-refractivity contribution in [1.29, 1.82) is 0 Å². The number of carbonyl (C=O) groups excluding carboxylic acids is 1. The monoisotopic (exact) mass is 235 g/mol. The van der Waals surface area contributed by atoms with Gasteiger partial charge in [0.1, 0.15) is 0 Å². The zero-order valence-electron chi connectivity index (χ0n) is 12.2. The molecule has 1 aliphatic carbocycles. The molecule has 17 heavy (non-hydrogen) atoms. The van der Waals surface area contributed by atoms with Crippen molar-refractivity contribution in [1.82, 2.24) is 5.32 Å². The Hall–Kier alpha value is -0.970. The van der Waals surface area contributed by atoms with Crippen LogP contribution in [-0.2, 0) is 4.79 Å². The predicted octanol–water partition coefficient (Wildman–Crippen LogP) is 2.83. The second-order valence-corrected chi connectivity index (χ2v) is 7.15. The van der Waals surface area contributed by atoms with Gasteiger partial charge in [0.25, 0.3) is 0 Å². The van der Waals surface area contributed by atoms with E-state index in [1.165, 1.54) is 0 Å². The molecule has 1 fully saturated rings. The molecule has 0 aromatic heterocycles. The standard InChI is InChI=1S/C15H25NO/c1-13(2,3)9-8-10-16-12(17)11-14(4,5)15(11,6)7/h11H,10H2,1-7H3,(H,16,17). The van der Waals surface area contributed by atoms with Gasteiger partial charge in [-0.25, -0.2) is 0 Å². The highest BCUT2D eigenvalue weighted by Gasteiger charge is 2.68. The Morgan fingerprint density at radius 1 is 1.18 bits per heavy atom. The highest BCUT2D eigenvalue weighted by atomic mass is 16.2. The lowest BCUT2D eigenvalue weighted by atomic mass is 9.98. The smallest absolute Gasteiger partial charge is 0.224 e. The van der Waals surface area contributed by atoms with Crippen molar-refractivity contribution < 1.29 is 4.79 Å². The van der Waals surface area contributed by atoms with Crippen LogP contribution < -0.4 is 5.32 Å². The van der Waals surface area contributed by atoms with E-state index in [0.717, 1.165) is 0 Å². The van der Waals surface area contributed by atoms with E-state index in [4.69, 9.17) is 0 Å². The summed E-state index contributed by atoms with van der Waals surface area (Å²) in [7, 11) is 0. The molecule has 0 spiro atoms. The Balaban J connectivity index is 2.46. The highest BCUT2D eigenvalue weighted by molar-refractivity contribution is 5.84. The molecular formula is C15H25NO. The molecule has 0 unspecified atom stereocenters. The maximum absolute atomic E-state index is 12.0. The van der Waals surface area contributed by atoms with Gasteiger partial charge in [0, 0.05) is 11.3 Å². The van der Waals surface area contributed by atoms with Crippen molar-refractivity contribution in [3.63, 3.8) is 0 Å². The van der Waals surface area contributed by atoms with Gasteiger partial charge >= 0.3 is 0 Å². The van der Waals surface area contributed by atoms with Crippen LogP contribution in [-0.4, -0.2) is 12.5 Å². The van der Waals surface area contributed by atoms with Gasteiger partial charge in [-0.15, -0.1) is 0 Å². The second-order valence-electron chi connectivity index (χ2n) is 7.15. The molecule has 0 atom stereocenters. The lowest BCUT2D eigenvalue weighted by Crippen LogP contribution is -2.27. The van der Waals surface area contributed by atoms with Crippen LogP contribution in [0.3, 0.4) is 0 Å². The number of hydrogen-bond donors (Lipinski definition) is 1. The molecule has 0 radical (unpaired) electrons. The SMILES string of the molecule is CC(C)(C)C#CCNC(=O)C1C(C)(C)C1(C)C. The van der Waals surface area contributed by atoms with E-state index in [1.807, 2.05) is 0 Å². The van der Waals surface area contributed by atoms with E-state index in [9.17, 15) is 4.79 Å². The number of nitrogens with one attached hydrogen (secondary N) is 1. The third-order valence-electron chi connectivity index (χ3n) is 4.10. The first-order valence-electron chi connectivity index (χ1n) is 6.28. The minimum absolute atomic E-state index is 0.00283. The summed E-state index contributed by atoms with van der Waals surface area (Å²) >= 11 is 0. The van der Waals surface area contributed by atoms with Gasteiger partial charge in [0.05, 0.1) is 6.54 Å². The molecule has 0 aromatic rings. The summed E-state index contributed by atoms with van der Waals surface area (Å²) in [6.07, 6.45) is 0. The van der Waals surface area contributed by atoms with Crippen LogP contribution in [0.5, 0.6) is 0 Å². The van der Waals surface area contributed by atoms with Crippen molar-refractivity contribution in [2.75, 3.05) is 6.54 Å². The average Bonchev–Trinajstić information content (AvgIpc) is 2.50. The van der Waals surface area contributed by atoms with Crippen LogP contribution in [0.2, 0.25) is 0 Å². The lowest BCUT2D eigenvalue weighted by Gasteiger charge is -2.07. The number of rotatable bonds is 2. The van der Waals surface area contributed by atoms with Crippen LogP contribution in [0.4, 0.5) is 0 Å². The Labute approximate surface area is 106 Å². The van der Waals surface area contributed by atoms with E-state index in [-0.39, 0.29) is 28.1 Å². The van der Waals surface area contributed by atoms with Gasteiger partial charge in [-0.1, -0.05) is 39.5 Å². The summed E-state index contributed by atoms with van der Waals surface area (Å²) in [6, 6.07) is 0. The van der Waals surface area contributed by atoms with Crippen LogP contribution in [0.1, 0.15) is 48.5 Å². The summed E-state index contributed by atoms with van der Waals surface area (Å²) in [4.78, 5) is 12.0. The molecule has 96 valence electrons. The van der Waals surface area contributed by atoms with Crippen LogP contribution >= 0.6 is 0 Å². The first kappa shape index (κ1) is 14.1. The van der Waals surface area contributed by atoms with Crippen molar-refractivity contribution in [3.8, 4) is 11.8 Å². The average molecular weight is 235 g/mol. The molecule has 0 heterocycles. The molecule has 1 saturated carbocycles. The van der Waals surface area contributed by atoms with E-state index >= 15 is 0 Å². The Morgan fingerprint density at radius 3 is 2.00 bits per heavy atom. The van der Waals surface area contributed by atoms with Crippen molar-refractivity contribution in [2.24, 2.45) is 22.2 Å². The van der Waals surface area contributed by atoms with Gasteiger partial charge in [-0.05, 0) is 31.6 Å². The fraction of sp³-hybridized carbons (Fsp3) is 0.800. The minimum Gasteiger partial charge on any atom is -0.345 e. The summed E-state index contributed by atoms with van der Waals surface area (Å²) in [5, 5.41) is 2.92. The fourth-order valence-electron chi connectivity index (χ4n) is 2.39. The van der Waals surface area contributed by atoms with Crippen LogP contribution in [0, 0.1) is 34.0 Å². The van der Waals surface area contributed by atoms with Gasteiger partial charge in [0.15, 0.2) is 0 Å². The third-order valence-corrected chi connectivity index (χ3v) is 4.10. The van der Waals surface area contributed by atoms with Crippen molar-refractivity contribution >= 4 is 5.91 Å². The van der Waals surface area contributed by atoms with E-state index < -0.39 is 0 Å². The lowest BCUT2D eigenvalue weighted by molar-refractivity contribution is -0.123. The molecule has 1 amide bonds. The molecular weight excluding hydrogens is 210 g/mol. The van der Waals surface area contributed by atoms with E-state index in [1.54, 1.807) is 0 Å². The Bertz CT molecular complexity index is 360. The number of carbonyl (C=O) groups is 1. The molecule has 2 heteroatoms. The molecule has 1 aliphatic rings. The summed E-state index contributed by atoms with van der Waals surface area (Å²) in [5.74, 6) is 6.38. The van der Waals surface area contributed by atoms with Gasteiger partial charge < -0.3 is 5.32 Å². The van der Waals surface area contributed by atoms with E-state index in [0.29, 0.717) is 6.54 Å². The van der Waals surface area contributed by atoms with Crippen molar-refractivity contribution in [3.05, 3.63) is 0 Å². The molecule has 0 aromatic carbocycles. The predicted molar refractivity (Wildman–Crippen MR) is 71.3 cm³/mol. The zero-order valence-corrected chi connectivity index (χ0v) is 12.2. The molecule has 0 saturated heterocycles. The Morgan fingerprint density at radius 2 is 1.65 bits per heavy atom. The van der Waals surface area contributed by atoms with Gasteiger partial charge in [-0.2, -0.15) is 0 Å². The summed E-state index contributed by atoms with van der Waals surface area (Å²) in [6.45, 7) is 15.3. The minimum atomic E-state index is 0.00283. The maximum atomic E-state index is 12.0. The van der Waals surface area contributed by atoms with Crippen molar-refractivity contribution in [2.45, 2.75) is 48.5 Å². The summed E-state index contributed by atoms with van der Waals surface area (Å²) < 4.78 is 0. The molecule has 2 nitrogen and oxygen atoms in total. The molecule has 0 bridgehead atoms. The third kappa shape index (κ3) is 2.83. The topological polar surface area (TPSA) is 29.1 Å². The quantitative estimate of drug-likeness (QED) is 0.733. The van der Waals surface area contributed by atoms with Gasteiger partial charge in [0.2, 0.25) is 5.91 Å². The first-order valence-corrected chi connectivity index (χ1v) is 6.28. The maximum Gasteiger partial charge on any atom is 0.224 e. The molecule has 1 N–H and O–H groups in total. The van der Waals surface area contributed by atoms with E-state index in [2.05, 4.69) is 65.6 Å². The van der Waals surface area contributed by atoms with Gasteiger partial charge in [-0.3, -0.25) is 4.79 Å². The number of hydrogen-bond acceptors (Lipinski definition) is 1. The largest absolute Gasteiger partial charge is 0.345 e. The van der Waals surface area contributed by atoms with Crippen LogP contribution in [0.15, 0.2) is 0 Å². The first-order chi connectivity index (χ1) is 7.50. The molecule has 1 rings (SSSR count). The summed E-state index contributed by atoms with van der Waals surface area (Å²) in [5.41, 5.74) is 0.214. The molecule has 0 aliphatic heterocycles. The zero-order chi connectivity index (χ0) is 13.5.